The Morgan fingerprint density at radius 2 is 1.90 bits per heavy atom. The van der Waals surface area contributed by atoms with Crippen molar-refractivity contribution in [1.29, 1.82) is 0 Å². The van der Waals surface area contributed by atoms with Crippen LogP contribution < -0.4 is 25.3 Å². The summed E-state index contributed by atoms with van der Waals surface area (Å²) < 4.78 is 10.9. The summed E-state index contributed by atoms with van der Waals surface area (Å²) in [6.45, 7) is 8.01. The van der Waals surface area contributed by atoms with E-state index in [1.54, 1.807) is 32.4 Å². The number of allylic oxidation sites excluding steroid dienone is 1. The molecular weight excluding hydrogens is 522 g/mol. The topological polar surface area (TPSA) is 108 Å². The molecule has 41 heavy (non-hydrogen) atoms. The minimum Gasteiger partial charge on any atom is -0.513 e. The van der Waals surface area contributed by atoms with Gasteiger partial charge in [-0.15, -0.1) is 0 Å². The van der Waals surface area contributed by atoms with Crippen LogP contribution >= 0.6 is 0 Å². The van der Waals surface area contributed by atoms with Crippen molar-refractivity contribution in [2.45, 2.75) is 13.8 Å². The molecule has 0 unspecified atom stereocenters. The molecule has 10 heteroatoms. The van der Waals surface area contributed by atoms with Gasteiger partial charge in [-0.25, -0.2) is 10.5 Å². The van der Waals surface area contributed by atoms with Crippen LogP contribution in [0, 0.1) is 0 Å². The van der Waals surface area contributed by atoms with Crippen molar-refractivity contribution in [2.75, 3.05) is 61.7 Å². The van der Waals surface area contributed by atoms with Gasteiger partial charge in [0.25, 0.3) is 5.91 Å². The average molecular weight is 558 g/mol. The Morgan fingerprint density at radius 1 is 1.12 bits per heavy atom. The summed E-state index contributed by atoms with van der Waals surface area (Å²) in [5, 5.41) is 13.8. The zero-order valence-corrected chi connectivity index (χ0v) is 23.5. The molecule has 0 radical (unpaired) electrons. The second-order valence-corrected chi connectivity index (χ2v) is 9.53. The summed E-state index contributed by atoms with van der Waals surface area (Å²) in [6, 6.07) is 15.5. The van der Waals surface area contributed by atoms with Crippen molar-refractivity contribution in [3.05, 3.63) is 83.4 Å². The Labute approximate surface area is 239 Å². The molecule has 0 atom stereocenters. The van der Waals surface area contributed by atoms with E-state index < -0.39 is 0 Å². The fourth-order valence-corrected chi connectivity index (χ4v) is 5.01. The first kappa shape index (κ1) is 28.0. The van der Waals surface area contributed by atoms with Crippen molar-refractivity contribution in [1.82, 2.24) is 10.5 Å². The van der Waals surface area contributed by atoms with Gasteiger partial charge in [-0.2, -0.15) is 0 Å². The van der Waals surface area contributed by atoms with Crippen LogP contribution in [0.3, 0.4) is 0 Å². The lowest BCUT2D eigenvalue weighted by Gasteiger charge is -2.33. The third-order valence-electron chi connectivity index (χ3n) is 7.05. The van der Waals surface area contributed by atoms with E-state index in [9.17, 15) is 9.90 Å². The lowest BCUT2D eigenvalue weighted by Crippen LogP contribution is -2.36. The molecule has 2 aromatic carbocycles. The fourth-order valence-electron chi connectivity index (χ4n) is 5.01. The second-order valence-electron chi connectivity index (χ2n) is 9.53. The Balaban J connectivity index is 1.45. The quantitative estimate of drug-likeness (QED) is 0.244. The normalized spacial score (nSPS) is 15.8. The van der Waals surface area contributed by atoms with E-state index in [4.69, 9.17) is 14.3 Å². The Kier molecular flexibility index (Phi) is 8.71. The number of pyridine rings is 1. The summed E-state index contributed by atoms with van der Waals surface area (Å²) in [5.74, 6) is 0.807. The molecule has 1 saturated heterocycles. The predicted octanol–water partition coefficient (Wildman–Crippen LogP) is 5.13. The molecule has 214 valence electrons. The number of carbonyl (C=O) groups is 1. The van der Waals surface area contributed by atoms with Gasteiger partial charge < -0.3 is 29.7 Å². The van der Waals surface area contributed by atoms with E-state index in [2.05, 4.69) is 32.8 Å². The van der Waals surface area contributed by atoms with E-state index in [1.165, 1.54) is 5.69 Å². The molecule has 0 saturated carbocycles. The summed E-state index contributed by atoms with van der Waals surface area (Å²) in [4.78, 5) is 26.7. The van der Waals surface area contributed by atoms with Gasteiger partial charge in [0.1, 0.15) is 17.8 Å². The number of rotatable bonds is 9. The van der Waals surface area contributed by atoms with Gasteiger partial charge in [0.2, 0.25) is 0 Å². The van der Waals surface area contributed by atoms with Crippen LogP contribution in [-0.2, 0) is 9.57 Å². The van der Waals surface area contributed by atoms with Gasteiger partial charge in [-0.05, 0) is 68.0 Å². The maximum atomic E-state index is 12.7. The van der Waals surface area contributed by atoms with Crippen molar-refractivity contribution in [3.8, 4) is 5.75 Å². The van der Waals surface area contributed by atoms with Crippen LogP contribution in [0.25, 0.3) is 11.6 Å². The van der Waals surface area contributed by atoms with Crippen molar-refractivity contribution >= 4 is 40.4 Å². The van der Waals surface area contributed by atoms with Crippen LogP contribution in [0.1, 0.15) is 35.3 Å². The van der Waals surface area contributed by atoms with Crippen LogP contribution in [0.15, 0.2) is 66.7 Å². The number of nitrogens with zero attached hydrogens (tertiary/aromatic N) is 3. The highest BCUT2D eigenvalue weighted by Crippen LogP contribution is 2.41. The minimum absolute atomic E-state index is 0.344. The average Bonchev–Trinajstić information content (AvgIpc) is 3.03. The summed E-state index contributed by atoms with van der Waals surface area (Å²) in [7, 11) is 1.55. The van der Waals surface area contributed by atoms with Crippen molar-refractivity contribution < 1.29 is 24.2 Å². The number of fused-ring (bicyclic) bond motifs is 1. The number of benzene rings is 2. The first-order valence-electron chi connectivity index (χ1n) is 13.7. The van der Waals surface area contributed by atoms with Gasteiger partial charge in [-0.1, -0.05) is 0 Å². The van der Waals surface area contributed by atoms with Crippen LogP contribution in [0.4, 0.5) is 22.9 Å². The predicted molar refractivity (Wildman–Crippen MR) is 161 cm³/mol. The first-order chi connectivity index (χ1) is 20.0. The smallest absolute Gasteiger partial charge is 0.274 e. The minimum atomic E-state index is -0.388. The molecule has 1 amide bonds. The number of ether oxygens (including phenoxy) is 2. The number of aliphatic hydroxyl groups excluding tert-OH is 1. The van der Waals surface area contributed by atoms with E-state index in [-0.39, 0.29) is 5.91 Å². The number of nitrogens with one attached hydrogen (secondary N) is 2. The van der Waals surface area contributed by atoms with Gasteiger partial charge in [0.15, 0.2) is 0 Å². The molecule has 5 rings (SSSR count). The van der Waals surface area contributed by atoms with Gasteiger partial charge >= 0.3 is 0 Å². The maximum Gasteiger partial charge on any atom is 0.274 e. The lowest BCUT2D eigenvalue weighted by molar-refractivity contribution is 0.0364. The molecule has 0 bridgehead atoms. The maximum absolute atomic E-state index is 12.7. The van der Waals surface area contributed by atoms with E-state index in [0.29, 0.717) is 41.5 Å². The summed E-state index contributed by atoms with van der Waals surface area (Å²) >= 11 is 0. The van der Waals surface area contributed by atoms with Gasteiger partial charge in [-0.3, -0.25) is 9.63 Å². The lowest BCUT2D eigenvalue weighted by atomic mass is 9.93. The Hall–Kier alpha value is -4.54. The number of hydrogen-bond acceptors (Lipinski definition) is 9. The molecule has 3 N–H and O–H groups in total. The number of amides is 1. The van der Waals surface area contributed by atoms with Crippen LogP contribution in [0.5, 0.6) is 5.75 Å². The molecule has 0 aliphatic carbocycles. The number of morpholine rings is 1. The standard InChI is InChI=1S/C31H35N5O5/c1-4-36-28-18-30(33-24-6-8-25(9-7-24)35-10-12-40-13-11-35)32-19-23(28)17-27(29(36)20-37)21-14-22(16-26(15-21)39-3)31(38)34-41-5-2/h6-9,14-20,37H,4-5,10-13H2,1-3H3,(H,32,33)(H,34,38)/b29-20-. The van der Waals surface area contributed by atoms with Crippen LogP contribution in [-0.4, -0.2) is 62.6 Å². The number of aliphatic hydroxyl groups is 1. The highest BCUT2D eigenvalue weighted by Gasteiger charge is 2.26. The SMILES string of the molecule is CCONC(=O)c1cc(OC)cc(C2=Cc3cnc(Nc4ccc(N5CCOCC5)cc4)cc3N(CC)/C2=C\O)c1. The molecule has 1 aromatic heterocycles. The number of aromatic nitrogens is 1. The number of methoxy groups -OCH3 is 1. The number of anilines is 4. The van der Waals surface area contributed by atoms with Crippen molar-refractivity contribution in [3.63, 3.8) is 0 Å². The zero-order chi connectivity index (χ0) is 28.8. The van der Waals surface area contributed by atoms with Crippen molar-refractivity contribution in [2.24, 2.45) is 0 Å². The van der Waals surface area contributed by atoms with E-state index >= 15 is 0 Å². The number of hydrogen-bond donors (Lipinski definition) is 3. The molecule has 3 heterocycles. The third kappa shape index (κ3) is 6.13. The van der Waals surface area contributed by atoms with Gasteiger partial charge in [0, 0.05) is 60.0 Å². The highest BCUT2D eigenvalue weighted by molar-refractivity contribution is 6.02. The summed E-state index contributed by atoms with van der Waals surface area (Å²) in [5.41, 5.74) is 8.70. The number of carbonyl (C=O) groups excluding carboxylic acids is 1. The zero-order valence-electron chi connectivity index (χ0n) is 23.5. The molecule has 2 aliphatic heterocycles. The molecule has 0 spiro atoms. The highest BCUT2D eigenvalue weighted by atomic mass is 16.6. The largest absolute Gasteiger partial charge is 0.513 e. The first-order valence-corrected chi connectivity index (χ1v) is 13.7. The monoisotopic (exact) mass is 557 g/mol. The Morgan fingerprint density at radius 3 is 2.59 bits per heavy atom. The summed E-state index contributed by atoms with van der Waals surface area (Å²) in [6.07, 6.45) is 4.85. The molecule has 3 aromatic rings. The third-order valence-corrected chi connectivity index (χ3v) is 7.05. The molecule has 1 fully saturated rings. The van der Waals surface area contributed by atoms with E-state index in [0.717, 1.165) is 55.1 Å². The van der Waals surface area contributed by atoms with Crippen LogP contribution in [0.2, 0.25) is 0 Å². The molecule has 2 aliphatic rings. The van der Waals surface area contributed by atoms with E-state index in [1.807, 2.05) is 42.2 Å². The fraction of sp³-hybridized carbons (Fsp3) is 0.290. The molecular formula is C31H35N5O5. The van der Waals surface area contributed by atoms with Gasteiger partial charge in [0.05, 0.1) is 38.3 Å². The number of likely N-dealkylation sites (N-methyl/N-ethyl adjacent to an activating group) is 1. The number of hydroxylamine groups is 1. The molecule has 10 nitrogen and oxygen atoms in total. The second kappa shape index (κ2) is 12.8. The Bertz CT molecular complexity index is 1450.